The van der Waals surface area contributed by atoms with Crippen molar-refractivity contribution in [3.05, 3.63) is 29.6 Å². The van der Waals surface area contributed by atoms with Crippen molar-refractivity contribution in [3.63, 3.8) is 0 Å². The van der Waals surface area contributed by atoms with E-state index in [0.29, 0.717) is 25.2 Å². The Labute approximate surface area is 130 Å². The van der Waals surface area contributed by atoms with E-state index in [1.54, 1.807) is 6.92 Å². The second kappa shape index (κ2) is 8.01. The third-order valence-electron chi connectivity index (χ3n) is 3.52. The minimum atomic E-state index is -3.69. The number of rotatable bonds is 8. The van der Waals surface area contributed by atoms with Crippen molar-refractivity contribution in [2.45, 2.75) is 37.2 Å². The summed E-state index contributed by atoms with van der Waals surface area (Å²) in [5.74, 6) is -0.564. The molecule has 1 N–H and O–H groups in total. The van der Waals surface area contributed by atoms with E-state index in [1.807, 2.05) is 0 Å². The van der Waals surface area contributed by atoms with Gasteiger partial charge in [-0.15, -0.1) is 0 Å². The summed E-state index contributed by atoms with van der Waals surface area (Å²) in [5.41, 5.74) is 0.517. The van der Waals surface area contributed by atoms with Crippen LogP contribution in [0.3, 0.4) is 0 Å². The summed E-state index contributed by atoms with van der Waals surface area (Å²) in [6.45, 7) is 3.70. The standard InChI is InChI=1S/C15H22FNO4S/c1-12-5-6-13(16)10-15(12)22(18,19)17-7-3-8-20-11-14-4-2-9-21-14/h5-6,10,14,17H,2-4,7-9,11H2,1H3/t14-/m0/s1. The van der Waals surface area contributed by atoms with Crippen molar-refractivity contribution >= 4 is 10.0 Å². The first-order chi connectivity index (χ1) is 10.5. The van der Waals surface area contributed by atoms with Gasteiger partial charge in [-0.25, -0.2) is 17.5 Å². The highest BCUT2D eigenvalue weighted by Crippen LogP contribution is 2.16. The molecule has 1 fully saturated rings. The second-order valence-electron chi connectivity index (χ2n) is 5.37. The van der Waals surface area contributed by atoms with Gasteiger partial charge in [0.15, 0.2) is 0 Å². The zero-order valence-electron chi connectivity index (χ0n) is 12.7. The van der Waals surface area contributed by atoms with Crippen LogP contribution in [0.4, 0.5) is 4.39 Å². The molecule has 1 aliphatic heterocycles. The van der Waals surface area contributed by atoms with Gasteiger partial charge in [-0.05, 0) is 43.9 Å². The number of nitrogens with one attached hydrogen (secondary N) is 1. The largest absolute Gasteiger partial charge is 0.379 e. The van der Waals surface area contributed by atoms with Gasteiger partial charge < -0.3 is 9.47 Å². The molecule has 124 valence electrons. The van der Waals surface area contributed by atoms with Crippen LogP contribution in [0.5, 0.6) is 0 Å². The number of hydrogen-bond acceptors (Lipinski definition) is 4. The summed E-state index contributed by atoms with van der Waals surface area (Å²) in [6, 6.07) is 3.73. The monoisotopic (exact) mass is 331 g/mol. The van der Waals surface area contributed by atoms with Crippen molar-refractivity contribution in [3.8, 4) is 0 Å². The fourth-order valence-corrected chi connectivity index (χ4v) is 3.64. The molecule has 1 heterocycles. The minimum Gasteiger partial charge on any atom is -0.379 e. The highest BCUT2D eigenvalue weighted by atomic mass is 32.2. The molecule has 0 unspecified atom stereocenters. The second-order valence-corrected chi connectivity index (χ2v) is 7.11. The van der Waals surface area contributed by atoms with Crippen molar-refractivity contribution in [2.75, 3.05) is 26.4 Å². The third kappa shape index (κ3) is 5.01. The number of ether oxygens (including phenoxy) is 2. The number of sulfonamides is 1. The zero-order valence-corrected chi connectivity index (χ0v) is 13.5. The molecule has 2 rings (SSSR count). The molecule has 1 aromatic carbocycles. The Bertz CT molecular complexity index is 585. The number of halogens is 1. The summed E-state index contributed by atoms with van der Waals surface area (Å²) >= 11 is 0. The first kappa shape index (κ1) is 17.3. The molecule has 0 spiro atoms. The van der Waals surface area contributed by atoms with E-state index in [2.05, 4.69) is 4.72 Å². The van der Waals surface area contributed by atoms with E-state index in [1.165, 1.54) is 12.1 Å². The molecule has 1 saturated heterocycles. The van der Waals surface area contributed by atoms with Gasteiger partial charge in [-0.2, -0.15) is 0 Å². The molecule has 7 heteroatoms. The number of benzene rings is 1. The maximum Gasteiger partial charge on any atom is 0.240 e. The highest BCUT2D eigenvalue weighted by Gasteiger charge is 2.17. The molecule has 1 aromatic rings. The van der Waals surface area contributed by atoms with Gasteiger partial charge >= 0.3 is 0 Å². The minimum absolute atomic E-state index is 0.0206. The quantitative estimate of drug-likeness (QED) is 0.740. The van der Waals surface area contributed by atoms with Gasteiger partial charge in [0.1, 0.15) is 5.82 Å². The van der Waals surface area contributed by atoms with Crippen molar-refractivity contribution in [1.82, 2.24) is 4.72 Å². The lowest BCUT2D eigenvalue weighted by Gasteiger charge is -2.11. The predicted molar refractivity (Wildman–Crippen MR) is 80.7 cm³/mol. The highest BCUT2D eigenvalue weighted by molar-refractivity contribution is 7.89. The van der Waals surface area contributed by atoms with Crippen LogP contribution >= 0.6 is 0 Å². The summed E-state index contributed by atoms with van der Waals surface area (Å²) in [4.78, 5) is -0.0206. The van der Waals surface area contributed by atoms with Crippen molar-refractivity contribution in [1.29, 1.82) is 0 Å². The van der Waals surface area contributed by atoms with Crippen LogP contribution in [0.2, 0.25) is 0 Å². The predicted octanol–water partition coefficient (Wildman–Crippen LogP) is 2.00. The average molecular weight is 331 g/mol. The molecule has 0 saturated carbocycles. The Kier molecular flexibility index (Phi) is 6.31. The maximum absolute atomic E-state index is 13.2. The van der Waals surface area contributed by atoms with Gasteiger partial charge in [-0.3, -0.25) is 0 Å². The lowest BCUT2D eigenvalue weighted by molar-refractivity contribution is 0.0169. The molecule has 5 nitrogen and oxygen atoms in total. The fraction of sp³-hybridized carbons (Fsp3) is 0.600. The molecule has 0 amide bonds. The topological polar surface area (TPSA) is 64.6 Å². The van der Waals surface area contributed by atoms with Gasteiger partial charge in [-0.1, -0.05) is 6.07 Å². The van der Waals surface area contributed by atoms with Crippen molar-refractivity contribution in [2.24, 2.45) is 0 Å². The zero-order chi connectivity index (χ0) is 16.0. The number of hydrogen-bond donors (Lipinski definition) is 1. The van der Waals surface area contributed by atoms with E-state index in [-0.39, 0.29) is 17.5 Å². The molecule has 0 aromatic heterocycles. The molecular formula is C15H22FNO4S. The number of aryl methyl sites for hydroxylation is 1. The third-order valence-corrected chi connectivity index (χ3v) is 5.13. The Morgan fingerprint density at radius 1 is 1.45 bits per heavy atom. The summed E-state index contributed by atoms with van der Waals surface area (Å²) < 4.78 is 50.8. The lowest BCUT2D eigenvalue weighted by atomic mass is 10.2. The van der Waals surface area contributed by atoms with Crippen LogP contribution in [0.15, 0.2) is 23.1 Å². The normalized spacial score (nSPS) is 18.7. The summed E-state index contributed by atoms with van der Waals surface area (Å²) in [6.07, 6.45) is 2.82. The Morgan fingerprint density at radius 2 is 2.27 bits per heavy atom. The Balaban J connectivity index is 1.72. The Hall–Kier alpha value is -1.02. The molecule has 1 aliphatic rings. The molecular weight excluding hydrogens is 309 g/mol. The van der Waals surface area contributed by atoms with Gasteiger partial charge in [0.2, 0.25) is 10.0 Å². The van der Waals surface area contributed by atoms with Gasteiger partial charge in [0, 0.05) is 19.8 Å². The van der Waals surface area contributed by atoms with Gasteiger partial charge in [0.25, 0.3) is 0 Å². The Morgan fingerprint density at radius 3 is 3.00 bits per heavy atom. The molecule has 0 bridgehead atoms. The molecule has 0 aliphatic carbocycles. The van der Waals surface area contributed by atoms with Crippen LogP contribution in [0.25, 0.3) is 0 Å². The SMILES string of the molecule is Cc1ccc(F)cc1S(=O)(=O)NCCCOC[C@@H]1CCCO1. The molecule has 1 atom stereocenters. The van der Waals surface area contributed by atoms with Crippen LogP contribution in [-0.2, 0) is 19.5 Å². The summed E-state index contributed by atoms with van der Waals surface area (Å²) in [5, 5.41) is 0. The van der Waals surface area contributed by atoms with Crippen molar-refractivity contribution < 1.29 is 22.3 Å². The average Bonchev–Trinajstić information content (AvgIpc) is 2.98. The fourth-order valence-electron chi connectivity index (χ4n) is 2.31. The van der Waals surface area contributed by atoms with Crippen LogP contribution in [0.1, 0.15) is 24.8 Å². The summed E-state index contributed by atoms with van der Waals surface area (Å²) in [7, 11) is -3.69. The molecule has 0 radical (unpaired) electrons. The van der Waals surface area contributed by atoms with Crippen LogP contribution in [-0.4, -0.2) is 40.9 Å². The van der Waals surface area contributed by atoms with Crippen LogP contribution in [0, 0.1) is 12.7 Å². The van der Waals surface area contributed by atoms with E-state index in [0.717, 1.165) is 25.5 Å². The first-order valence-corrected chi connectivity index (χ1v) is 8.92. The molecule has 22 heavy (non-hydrogen) atoms. The maximum atomic E-state index is 13.2. The van der Waals surface area contributed by atoms with E-state index < -0.39 is 15.8 Å². The van der Waals surface area contributed by atoms with Crippen LogP contribution < -0.4 is 4.72 Å². The smallest absolute Gasteiger partial charge is 0.240 e. The van der Waals surface area contributed by atoms with E-state index in [9.17, 15) is 12.8 Å². The lowest BCUT2D eigenvalue weighted by Crippen LogP contribution is -2.26. The van der Waals surface area contributed by atoms with E-state index in [4.69, 9.17) is 9.47 Å². The van der Waals surface area contributed by atoms with E-state index >= 15 is 0 Å². The van der Waals surface area contributed by atoms with Gasteiger partial charge in [0.05, 0.1) is 17.6 Å². The first-order valence-electron chi connectivity index (χ1n) is 7.44.